The summed E-state index contributed by atoms with van der Waals surface area (Å²) in [6, 6.07) is 7.56. The van der Waals surface area contributed by atoms with Crippen molar-refractivity contribution in [2.24, 2.45) is 0 Å². The summed E-state index contributed by atoms with van der Waals surface area (Å²) in [5, 5.41) is 0.645. The molecule has 0 radical (unpaired) electrons. The van der Waals surface area contributed by atoms with E-state index in [0.717, 1.165) is 25.3 Å². The molecule has 4 rings (SSSR count). The second kappa shape index (κ2) is 6.04. The number of sulfonamides is 1. The Bertz CT molecular complexity index is 924. The Morgan fingerprint density at radius 1 is 1.08 bits per heavy atom. The lowest BCUT2D eigenvalue weighted by atomic mass is 10.3. The first-order valence-electron chi connectivity index (χ1n) is 7.91. The molecule has 3 aromatic heterocycles. The third-order valence-corrected chi connectivity index (χ3v) is 6.36. The summed E-state index contributed by atoms with van der Waals surface area (Å²) >= 11 is 0. The molecule has 0 atom stereocenters. The Labute approximate surface area is 140 Å². The zero-order valence-electron chi connectivity index (χ0n) is 13.1. The first-order chi connectivity index (χ1) is 11.6. The van der Waals surface area contributed by atoms with Gasteiger partial charge in [0.1, 0.15) is 10.5 Å². The minimum atomic E-state index is -3.50. The molecule has 2 N–H and O–H groups in total. The van der Waals surface area contributed by atoms with Crippen molar-refractivity contribution >= 4 is 21.1 Å². The fraction of sp³-hybridized carbons (Fsp3) is 0.312. The molecular formula is C16H19N5O2S. The van der Waals surface area contributed by atoms with Gasteiger partial charge in [0, 0.05) is 62.4 Å². The predicted molar refractivity (Wildman–Crippen MR) is 90.9 cm³/mol. The Morgan fingerprint density at radius 3 is 2.67 bits per heavy atom. The third-order valence-electron chi connectivity index (χ3n) is 4.42. The number of nitrogens with zero attached hydrogens (tertiary/aromatic N) is 3. The molecule has 0 aromatic carbocycles. The van der Waals surface area contributed by atoms with Crippen LogP contribution >= 0.6 is 0 Å². The van der Waals surface area contributed by atoms with Gasteiger partial charge in [0.05, 0.1) is 0 Å². The molecular weight excluding hydrogens is 326 g/mol. The zero-order chi connectivity index (χ0) is 16.6. The van der Waals surface area contributed by atoms with Crippen LogP contribution in [0.4, 0.5) is 0 Å². The molecule has 0 unspecified atom stereocenters. The van der Waals surface area contributed by atoms with Crippen molar-refractivity contribution in [3.63, 3.8) is 0 Å². The smallest absolute Gasteiger partial charge is 0.245 e. The maximum atomic E-state index is 12.9. The van der Waals surface area contributed by atoms with Gasteiger partial charge in [-0.25, -0.2) is 13.4 Å². The lowest BCUT2D eigenvalue weighted by molar-refractivity contribution is 0.180. The topological polar surface area (TPSA) is 85.1 Å². The average Bonchev–Trinajstić information content (AvgIpc) is 3.24. The second-order valence-electron chi connectivity index (χ2n) is 5.93. The molecule has 0 spiro atoms. The molecule has 0 saturated carbocycles. The summed E-state index contributed by atoms with van der Waals surface area (Å²) in [6.45, 7) is 3.25. The summed E-state index contributed by atoms with van der Waals surface area (Å²) in [5.41, 5.74) is 1.75. The van der Waals surface area contributed by atoms with Crippen LogP contribution in [-0.2, 0) is 16.6 Å². The fourth-order valence-corrected chi connectivity index (χ4v) is 4.69. The molecule has 3 aromatic rings. The Hall–Kier alpha value is -2.16. The first-order valence-corrected chi connectivity index (χ1v) is 9.35. The third kappa shape index (κ3) is 2.72. The van der Waals surface area contributed by atoms with Crippen LogP contribution in [0.3, 0.4) is 0 Å². The highest BCUT2D eigenvalue weighted by molar-refractivity contribution is 7.89. The number of aromatic amines is 2. The van der Waals surface area contributed by atoms with Crippen LogP contribution in [0.1, 0.15) is 5.69 Å². The maximum Gasteiger partial charge on any atom is 0.245 e. The van der Waals surface area contributed by atoms with E-state index in [1.54, 1.807) is 22.6 Å². The normalized spacial score (nSPS) is 17.5. The van der Waals surface area contributed by atoms with Crippen molar-refractivity contribution in [3.05, 3.63) is 48.5 Å². The Kier molecular flexibility index (Phi) is 3.87. The minimum Gasteiger partial charge on any atom is -0.364 e. The van der Waals surface area contributed by atoms with E-state index >= 15 is 0 Å². The molecule has 0 aliphatic carbocycles. The van der Waals surface area contributed by atoms with Crippen molar-refractivity contribution in [2.75, 3.05) is 26.2 Å². The minimum absolute atomic E-state index is 0.309. The second-order valence-corrected chi connectivity index (χ2v) is 7.83. The lowest BCUT2D eigenvalue weighted by Crippen LogP contribution is -2.48. The molecule has 1 aliphatic rings. The number of fused-ring (bicyclic) bond motifs is 1. The standard InChI is InChI=1S/C16H19N5O2S/c22-24(23,15-11-19-16-14(15)4-2-6-18-16)21-9-7-20(8-10-21)12-13-3-1-5-17-13/h1-6,11,17H,7-10,12H2,(H,18,19). The molecule has 1 fully saturated rings. The van der Waals surface area contributed by atoms with Gasteiger partial charge in [-0.1, -0.05) is 0 Å². The van der Waals surface area contributed by atoms with Crippen LogP contribution in [0.2, 0.25) is 0 Å². The number of piperazine rings is 1. The number of aromatic nitrogens is 3. The van der Waals surface area contributed by atoms with E-state index in [2.05, 4.69) is 19.9 Å². The van der Waals surface area contributed by atoms with Crippen molar-refractivity contribution in [1.82, 2.24) is 24.2 Å². The number of hydrogen-bond acceptors (Lipinski definition) is 4. The summed E-state index contributed by atoms with van der Waals surface area (Å²) in [5.74, 6) is 0. The van der Waals surface area contributed by atoms with Gasteiger partial charge < -0.3 is 9.97 Å². The van der Waals surface area contributed by atoms with Gasteiger partial charge in [0.25, 0.3) is 0 Å². The van der Waals surface area contributed by atoms with Gasteiger partial charge in [0.15, 0.2) is 0 Å². The van der Waals surface area contributed by atoms with E-state index in [1.807, 2.05) is 18.3 Å². The highest BCUT2D eigenvalue weighted by Gasteiger charge is 2.30. The van der Waals surface area contributed by atoms with Crippen molar-refractivity contribution < 1.29 is 8.42 Å². The highest BCUT2D eigenvalue weighted by Crippen LogP contribution is 2.25. The Balaban J connectivity index is 1.50. The number of pyridine rings is 1. The summed E-state index contributed by atoms with van der Waals surface area (Å²) < 4.78 is 27.4. The van der Waals surface area contributed by atoms with Gasteiger partial charge in [0.2, 0.25) is 10.0 Å². The first kappa shape index (κ1) is 15.4. The predicted octanol–water partition coefficient (Wildman–Crippen LogP) is 1.40. The average molecular weight is 345 g/mol. The molecule has 0 amide bonds. The fourth-order valence-electron chi connectivity index (χ4n) is 3.12. The van der Waals surface area contributed by atoms with Crippen LogP contribution in [0.25, 0.3) is 11.0 Å². The summed E-state index contributed by atoms with van der Waals surface area (Å²) in [4.78, 5) is 12.9. The highest BCUT2D eigenvalue weighted by atomic mass is 32.2. The van der Waals surface area contributed by atoms with Crippen LogP contribution < -0.4 is 0 Å². The van der Waals surface area contributed by atoms with E-state index < -0.39 is 10.0 Å². The van der Waals surface area contributed by atoms with Gasteiger partial charge in [-0.15, -0.1) is 0 Å². The molecule has 24 heavy (non-hydrogen) atoms. The van der Waals surface area contributed by atoms with E-state index in [9.17, 15) is 8.42 Å². The Morgan fingerprint density at radius 2 is 1.92 bits per heavy atom. The number of hydrogen-bond donors (Lipinski definition) is 2. The molecule has 0 bridgehead atoms. The van der Waals surface area contributed by atoms with Crippen LogP contribution in [0.15, 0.2) is 47.8 Å². The SMILES string of the molecule is O=S(=O)(c1c[nH]c2ncccc12)N1CCN(Cc2ccc[nH]2)CC1. The molecule has 1 aliphatic heterocycles. The van der Waals surface area contributed by atoms with E-state index in [1.165, 1.54) is 6.20 Å². The summed E-state index contributed by atoms with van der Waals surface area (Å²) in [6.07, 6.45) is 5.09. The molecule has 7 nitrogen and oxygen atoms in total. The maximum absolute atomic E-state index is 12.9. The largest absolute Gasteiger partial charge is 0.364 e. The molecule has 8 heteroatoms. The summed E-state index contributed by atoms with van der Waals surface area (Å²) in [7, 11) is -3.50. The number of nitrogens with one attached hydrogen (secondary N) is 2. The van der Waals surface area contributed by atoms with E-state index in [0.29, 0.717) is 29.0 Å². The van der Waals surface area contributed by atoms with Gasteiger partial charge in [-0.05, 0) is 24.3 Å². The quantitative estimate of drug-likeness (QED) is 0.748. The van der Waals surface area contributed by atoms with Crippen LogP contribution in [0, 0.1) is 0 Å². The van der Waals surface area contributed by atoms with E-state index in [4.69, 9.17) is 0 Å². The zero-order valence-corrected chi connectivity index (χ0v) is 14.0. The van der Waals surface area contributed by atoms with Crippen LogP contribution in [-0.4, -0.2) is 58.8 Å². The number of rotatable bonds is 4. The van der Waals surface area contributed by atoms with Gasteiger partial charge >= 0.3 is 0 Å². The molecule has 4 heterocycles. The molecule has 126 valence electrons. The van der Waals surface area contributed by atoms with Gasteiger partial charge in [-0.2, -0.15) is 4.31 Å². The van der Waals surface area contributed by atoms with Crippen molar-refractivity contribution in [1.29, 1.82) is 0 Å². The lowest BCUT2D eigenvalue weighted by Gasteiger charge is -2.33. The van der Waals surface area contributed by atoms with Crippen LogP contribution in [0.5, 0.6) is 0 Å². The monoisotopic (exact) mass is 345 g/mol. The van der Waals surface area contributed by atoms with Gasteiger partial charge in [-0.3, -0.25) is 4.90 Å². The number of H-pyrrole nitrogens is 2. The van der Waals surface area contributed by atoms with Crippen molar-refractivity contribution in [2.45, 2.75) is 11.4 Å². The van der Waals surface area contributed by atoms with E-state index in [-0.39, 0.29) is 0 Å². The van der Waals surface area contributed by atoms with Crippen molar-refractivity contribution in [3.8, 4) is 0 Å². The molecule has 1 saturated heterocycles.